The molecule has 0 saturated carbocycles. The van der Waals surface area contributed by atoms with E-state index in [0.717, 1.165) is 12.8 Å². The molecule has 2 atom stereocenters. The summed E-state index contributed by atoms with van der Waals surface area (Å²) in [5, 5.41) is 3.15. The average molecular weight is 350 g/mol. The van der Waals surface area contributed by atoms with Gasteiger partial charge in [-0.1, -0.05) is 20.3 Å². The highest BCUT2D eigenvalue weighted by atomic mass is 79.9. The van der Waals surface area contributed by atoms with Crippen molar-refractivity contribution in [3.8, 4) is 0 Å². The maximum absolute atomic E-state index is 14.3. The zero-order chi connectivity index (χ0) is 15.1. The van der Waals surface area contributed by atoms with Crippen LogP contribution in [0.25, 0.3) is 0 Å². The second-order valence-electron chi connectivity index (χ2n) is 4.57. The number of hydrogen-bond acceptors (Lipinski definition) is 2. The van der Waals surface area contributed by atoms with E-state index >= 15 is 0 Å². The lowest BCUT2D eigenvalue weighted by molar-refractivity contribution is 0.0261. The normalized spacial score (nSPS) is 14.3. The Bertz CT molecular complexity index is 423. The second kappa shape index (κ2) is 8.70. The van der Waals surface area contributed by atoms with Gasteiger partial charge in [0.25, 0.3) is 0 Å². The van der Waals surface area contributed by atoms with E-state index in [1.165, 1.54) is 12.1 Å². The zero-order valence-corrected chi connectivity index (χ0v) is 13.8. The summed E-state index contributed by atoms with van der Waals surface area (Å²) < 4.78 is 34.3. The Morgan fingerprint density at radius 1 is 1.25 bits per heavy atom. The first-order valence-corrected chi connectivity index (χ1v) is 7.84. The molecular weight excluding hydrogens is 328 g/mol. The minimum absolute atomic E-state index is 0.0492. The molecule has 0 aliphatic carbocycles. The van der Waals surface area contributed by atoms with Crippen molar-refractivity contribution >= 4 is 15.9 Å². The van der Waals surface area contributed by atoms with Crippen molar-refractivity contribution in [2.24, 2.45) is 0 Å². The molecule has 1 rings (SSSR count). The van der Waals surface area contributed by atoms with Crippen LogP contribution in [0.5, 0.6) is 0 Å². The molecule has 0 aromatic heterocycles. The Morgan fingerprint density at radius 3 is 2.50 bits per heavy atom. The van der Waals surface area contributed by atoms with Crippen LogP contribution in [0, 0.1) is 11.6 Å². The molecule has 1 aromatic rings. The Kier molecular flexibility index (Phi) is 7.62. The van der Waals surface area contributed by atoms with Crippen LogP contribution in [0.15, 0.2) is 16.6 Å². The van der Waals surface area contributed by atoms with Crippen molar-refractivity contribution in [1.29, 1.82) is 0 Å². The Balaban J connectivity index is 3.21. The summed E-state index contributed by atoms with van der Waals surface area (Å²) >= 11 is 3.12. The summed E-state index contributed by atoms with van der Waals surface area (Å²) in [6.07, 6.45) is 1.39. The third kappa shape index (κ3) is 4.24. The van der Waals surface area contributed by atoms with Crippen LogP contribution >= 0.6 is 15.9 Å². The van der Waals surface area contributed by atoms with Gasteiger partial charge in [-0.2, -0.15) is 0 Å². The Labute approximate surface area is 128 Å². The predicted octanol–water partition coefficient (Wildman–Crippen LogP) is 4.58. The van der Waals surface area contributed by atoms with Crippen LogP contribution in [-0.2, 0) is 4.74 Å². The number of hydrogen-bond donors (Lipinski definition) is 1. The van der Waals surface area contributed by atoms with Crippen molar-refractivity contribution in [3.63, 3.8) is 0 Å². The molecule has 5 heteroatoms. The van der Waals surface area contributed by atoms with E-state index in [0.29, 0.717) is 13.2 Å². The largest absolute Gasteiger partial charge is 0.377 e. The minimum Gasteiger partial charge on any atom is -0.377 e. The van der Waals surface area contributed by atoms with Gasteiger partial charge in [0.05, 0.1) is 16.6 Å². The van der Waals surface area contributed by atoms with Gasteiger partial charge in [-0.05, 0) is 48.0 Å². The molecule has 0 aliphatic rings. The highest BCUT2D eigenvalue weighted by Gasteiger charge is 2.28. The lowest BCUT2D eigenvalue weighted by atomic mass is 9.97. The highest BCUT2D eigenvalue weighted by molar-refractivity contribution is 9.10. The van der Waals surface area contributed by atoms with E-state index in [1.54, 1.807) is 0 Å². The Morgan fingerprint density at radius 2 is 1.95 bits per heavy atom. The van der Waals surface area contributed by atoms with Gasteiger partial charge in [-0.15, -0.1) is 0 Å². The van der Waals surface area contributed by atoms with Crippen molar-refractivity contribution in [2.75, 3.05) is 13.2 Å². The number of benzene rings is 1. The fourth-order valence-corrected chi connectivity index (χ4v) is 2.66. The molecule has 1 N–H and O–H groups in total. The molecule has 114 valence electrons. The first kappa shape index (κ1) is 17.5. The van der Waals surface area contributed by atoms with Crippen molar-refractivity contribution in [3.05, 3.63) is 33.8 Å². The first-order chi connectivity index (χ1) is 9.56. The van der Waals surface area contributed by atoms with Crippen molar-refractivity contribution in [2.45, 2.75) is 45.8 Å². The van der Waals surface area contributed by atoms with Crippen LogP contribution in [0.3, 0.4) is 0 Å². The summed E-state index contributed by atoms with van der Waals surface area (Å²) in [6, 6.07) is 2.17. The number of likely N-dealkylation sites (N-methyl/N-ethyl adjacent to an activating group) is 1. The summed E-state index contributed by atoms with van der Waals surface area (Å²) in [7, 11) is 0. The van der Waals surface area contributed by atoms with Gasteiger partial charge >= 0.3 is 0 Å². The van der Waals surface area contributed by atoms with Crippen LogP contribution in [0.2, 0.25) is 0 Å². The number of ether oxygens (including phenoxy) is 1. The molecule has 0 fully saturated rings. The van der Waals surface area contributed by atoms with Crippen LogP contribution in [0.1, 0.15) is 45.2 Å². The molecule has 0 heterocycles. The van der Waals surface area contributed by atoms with Crippen LogP contribution < -0.4 is 5.32 Å². The Hall–Kier alpha value is -0.520. The summed E-state index contributed by atoms with van der Waals surface area (Å²) in [6.45, 7) is 6.96. The molecule has 0 radical (unpaired) electrons. The highest BCUT2D eigenvalue weighted by Crippen LogP contribution is 2.31. The van der Waals surface area contributed by atoms with Gasteiger partial charge in [-0.3, -0.25) is 0 Å². The van der Waals surface area contributed by atoms with Gasteiger partial charge in [0, 0.05) is 12.2 Å². The summed E-state index contributed by atoms with van der Waals surface area (Å²) in [5.74, 6) is -1.10. The van der Waals surface area contributed by atoms with Crippen molar-refractivity contribution < 1.29 is 13.5 Å². The van der Waals surface area contributed by atoms with Crippen LogP contribution in [-0.4, -0.2) is 19.3 Å². The fourth-order valence-electron chi connectivity index (χ4n) is 2.31. The molecule has 0 amide bonds. The molecule has 0 bridgehead atoms. The standard InChI is InChI=1S/C15H22BrF2NO/c1-4-7-12(20-6-3)15(19-5-2)13-11(17)9-8-10(16)14(13)18/h8-9,12,15,19H,4-7H2,1-3H3. The first-order valence-electron chi connectivity index (χ1n) is 7.05. The molecule has 0 aliphatic heterocycles. The molecule has 1 aromatic carbocycles. The molecule has 2 unspecified atom stereocenters. The molecule has 0 saturated heterocycles. The van der Waals surface area contributed by atoms with Crippen molar-refractivity contribution in [1.82, 2.24) is 5.32 Å². The maximum atomic E-state index is 14.3. The van der Waals surface area contributed by atoms with E-state index in [9.17, 15) is 8.78 Å². The quantitative estimate of drug-likeness (QED) is 0.693. The third-order valence-electron chi connectivity index (χ3n) is 3.14. The lowest BCUT2D eigenvalue weighted by Gasteiger charge is -2.28. The second-order valence-corrected chi connectivity index (χ2v) is 5.43. The topological polar surface area (TPSA) is 21.3 Å². The van der Waals surface area contributed by atoms with E-state index in [2.05, 4.69) is 21.2 Å². The van der Waals surface area contributed by atoms with E-state index in [1.807, 2.05) is 20.8 Å². The summed E-state index contributed by atoms with van der Waals surface area (Å²) in [4.78, 5) is 0. The average Bonchev–Trinajstić information content (AvgIpc) is 2.42. The van der Waals surface area contributed by atoms with Crippen LogP contribution in [0.4, 0.5) is 8.78 Å². The number of rotatable bonds is 8. The van der Waals surface area contributed by atoms with Gasteiger partial charge in [-0.25, -0.2) is 8.78 Å². The van der Waals surface area contributed by atoms with Gasteiger partial charge in [0.2, 0.25) is 0 Å². The third-order valence-corrected chi connectivity index (χ3v) is 3.75. The molecule has 0 spiro atoms. The summed E-state index contributed by atoms with van der Waals surface area (Å²) in [5.41, 5.74) is 0.0492. The van der Waals surface area contributed by atoms with E-state index < -0.39 is 17.7 Å². The molecule has 2 nitrogen and oxygen atoms in total. The fraction of sp³-hybridized carbons (Fsp3) is 0.600. The van der Waals surface area contributed by atoms with E-state index in [4.69, 9.17) is 4.74 Å². The molecular formula is C15H22BrF2NO. The number of nitrogens with one attached hydrogen (secondary N) is 1. The van der Waals surface area contributed by atoms with Gasteiger partial charge < -0.3 is 10.1 Å². The smallest absolute Gasteiger partial charge is 0.145 e. The van der Waals surface area contributed by atoms with E-state index in [-0.39, 0.29) is 16.1 Å². The monoisotopic (exact) mass is 349 g/mol. The SMILES string of the molecule is CCCC(OCC)C(NCC)c1c(F)ccc(Br)c1F. The van der Waals surface area contributed by atoms with Gasteiger partial charge in [0.15, 0.2) is 0 Å². The lowest BCUT2D eigenvalue weighted by Crippen LogP contribution is -2.35. The predicted molar refractivity (Wildman–Crippen MR) is 80.8 cm³/mol. The molecule has 20 heavy (non-hydrogen) atoms. The minimum atomic E-state index is -0.559. The number of halogens is 3. The maximum Gasteiger partial charge on any atom is 0.145 e. The van der Waals surface area contributed by atoms with Gasteiger partial charge in [0.1, 0.15) is 11.6 Å². The zero-order valence-electron chi connectivity index (χ0n) is 12.2.